The molecule has 9 rings (SSSR count). The zero-order valence-corrected chi connectivity index (χ0v) is 39.7. The number of hydrogen-bond acceptors (Lipinski definition) is 4. The standard InChI is InChI=1S/C60H60N4O/c1-38-30-40(48-32-39(2)33-50-52(60(9,10)11)28-29-61-55(48)50)34-41(31-38)49-36-47(63(44-18-14-12-15-19-44)45-20-16-13-17-21-45)37-53-56(49)62-57(51-35-43(59(6,7)8)24-27-54(51)65)64(53)46-25-22-42(23-26-46)58(3,4)5/h12-37,65H,1-11H3. The fourth-order valence-corrected chi connectivity index (χ4v) is 9.21. The normalized spacial score (nSPS) is 12.3. The molecular weight excluding hydrogens is 793 g/mol. The van der Waals surface area contributed by atoms with Gasteiger partial charge in [-0.2, -0.15) is 0 Å². The first-order valence-corrected chi connectivity index (χ1v) is 22.8. The maximum absolute atomic E-state index is 11.8. The minimum Gasteiger partial charge on any atom is -0.507 e. The van der Waals surface area contributed by atoms with Crippen LogP contribution in [0.5, 0.6) is 5.75 Å². The number of aromatic hydroxyl groups is 1. The third kappa shape index (κ3) is 8.32. The van der Waals surface area contributed by atoms with Crippen LogP contribution in [-0.2, 0) is 16.2 Å². The summed E-state index contributed by atoms with van der Waals surface area (Å²) in [5.74, 6) is 0.858. The molecule has 0 saturated heterocycles. The van der Waals surface area contributed by atoms with Gasteiger partial charge in [0.1, 0.15) is 11.6 Å². The van der Waals surface area contributed by atoms with Gasteiger partial charge in [-0.25, -0.2) is 4.98 Å². The van der Waals surface area contributed by atoms with Gasteiger partial charge in [0.15, 0.2) is 0 Å². The van der Waals surface area contributed by atoms with Crippen LogP contribution in [-0.4, -0.2) is 19.6 Å². The molecule has 7 aromatic carbocycles. The van der Waals surface area contributed by atoms with Gasteiger partial charge in [-0.15, -0.1) is 0 Å². The fourth-order valence-electron chi connectivity index (χ4n) is 9.21. The predicted molar refractivity (Wildman–Crippen MR) is 275 cm³/mol. The van der Waals surface area contributed by atoms with Crippen LogP contribution in [0.1, 0.15) is 90.1 Å². The molecule has 0 radical (unpaired) electrons. The lowest BCUT2D eigenvalue weighted by Gasteiger charge is -2.26. The van der Waals surface area contributed by atoms with E-state index in [9.17, 15) is 5.11 Å². The third-order valence-electron chi connectivity index (χ3n) is 12.6. The number of pyridine rings is 1. The Labute approximate surface area is 385 Å². The van der Waals surface area contributed by atoms with Crippen molar-refractivity contribution in [3.63, 3.8) is 0 Å². The van der Waals surface area contributed by atoms with Crippen molar-refractivity contribution in [3.8, 4) is 45.1 Å². The SMILES string of the molecule is Cc1cc(-c2cc(C)cc3c(C(C)(C)C)ccnc23)cc(-c2cc(N(c3ccccc3)c3ccccc3)cc3c2nc(-c2cc(C(C)(C)C)ccc2O)n3-c2ccc(C(C)(C)C)cc2)c1. The van der Waals surface area contributed by atoms with Crippen molar-refractivity contribution in [3.05, 3.63) is 186 Å². The van der Waals surface area contributed by atoms with Gasteiger partial charge in [-0.1, -0.05) is 129 Å². The van der Waals surface area contributed by atoms with Gasteiger partial charge in [0.25, 0.3) is 0 Å². The number of aromatic nitrogens is 3. The van der Waals surface area contributed by atoms with Crippen LogP contribution in [0.15, 0.2) is 158 Å². The predicted octanol–water partition coefficient (Wildman–Crippen LogP) is 16.3. The molecule has 0 bridgehead atoms. The summed E-state index contributed by atoms with van der Waals surface area (Å²) < 4.78 is 2.24. The van der Waals surface area contributed by atoms with Crippen molar-refractivity contribution in [2.75, 3.05) is 4.90 Å². The minimum atomic E-state index is -0.154. The lowest BCUT2D eigenvalue weighted by molar-refractivity contribution is 0.475. The molecule has 326 valence electrons. The first-order chi connectivity index (χ1) is 30.8. The maximum atomic E-state index is 11.8. The summed E-state index contributed by atoms with van der Waals surface area (Å²) in [5, 5.41) is 13.0. The van der Waals surface area contributed by atoms with Crippen LogP contribution in [0.2, 0.25) is 0 Å². The summed E-state index contributed by atoms with van der Waals surface area (Å²) in [4.78, 5) is 13.0. The summed E-state index contributed by atoms with van der Waals surface area (Å²) in [6, 6.07) is 54.1. The Bertz CT molecular complexity index is 3170. The Morgan fingerprint density at radius 2 is 1.06 bits per heavy atom. The molecule has 0 aliphatic heterocycles. The number of hydrogen-bond donors (Lipinski definition) is 1. The van der Waals surface area contributed by atoms with Gasteiger partial charge in [-0.05, 0) is 154 Å². The summed E-state index contributed by atoms with van der Waals surface area (Å²) in [6.45, 7) is 24.5. The van der Waals surface area contributed by atoms with E-state index in [2.05, 4.69) is 225 Å². The van der Waals surface area contributed by atoms with Crippen LogP contribution >= 0.6 is 0 Å². The average molecular weight is 853 g/mol. The average Bonchev–Trinajstić information content (AvgIpc) is 3.64. The number of aryl methyl sites for hydroxylation is 2. The van der Waals surface area contributed by atoms with Gasteiger partial charge in [0, 0.05) is 45.5 Å². The van der Waals surface area contributed by atoms with Crippen molar-refractivity contribution in [2.45, 2.75) is 92.4 Å². The monoisotopic (exact) mass is 852 g/mol. The van der Waals surface area contributed by atoms with Crippen LogP contribution in [0, 0.1) is 13.8 Å². The molecule has 0 unspecified atom stereocenters. The number of phenols is 1. The minimum absolute atomic E-state index is 0.0286. The van der Waals surface area contributed by atoms with Crippen molar-refractivity contribution in [2.24, 2.45) is 0 Å². The molecule has 0 amide bonds. The van der Waals surface area contributed by atoms with Crippen molar-refractivity contribution in [1.29, 1.82) is 0 Å². The van der Waals surface area contributed by atoms with Crippen molar-refractivity contribution < 1.29 is 5.11 Å². The van der Waals surface area contributed by atoms with Crippen LogP contribution in [0.25, 0.3) is 61.3 Å². The highest BCUT2D eigenvalue weighted by molar-refractivity contribution is 6.02. The van der Waals surface area contributed by atoms with E-state index in [4.69, 9.17) is 9.97 Å². The smallest absolute Gasteiger partial charge is 0.149 e. The van der Waals surface area contributed by atoms with Crippen molar-refractivity contribution in [1.82, 2.24) is 14.5 Å². The molecule has 5 heteroatoms. The molecule has 9 aromatic rings. The van der Waals surface area contributed by atoms with Gasteiger partial charge < -0.3 is 10.0 Å². The highest BCUT2D eigenvalue weighted by Gasteiger charge is 2.26. The number of fused-ring (bicyclic) bond motifs is 2. The van der Waals surface area contributed by atoms with Crippen LogP contribution in [0.3, 0.4) is 0 Å². The van der Waals surface area contributed by atoms with E-state index in [1.807, 2.05) is 18.3 Å². The number of anilines is 3. The number of nitrogens with zero attached hydrogens (tertiary/aromatic N) is 4. The Kier molecular flexibility index (Phi) is 10.8. The summed E-state index contributed by atoms with van der Waals surface area (Å²) in [6.07, 6.45) is 1.96. The van der Waals surface area contributed by atoms with E-state index in [0.29, 0.717) is 11.4 Å². The van der Waals surface area contributed by atoms with Gasteiger partial charge in [-0.3, -0.25) is 9.55 Å². The van der Waals surface area contributed by atoms with Gasteiger partial charge >= 0.3 is 0 Å². The first-order valence-electron chi connectivity index (χ1n) is 22.8. The van der Waals surface area contributed by atoms with Gasteiger partial charge in [0.2, 0.25) is 0 Å². The topological polar surface area (TPSA) is 54.2 Å². The number of phenolic OH excluding ortho intramolecular Hbond substituents is 1. The van der Waals surface area contributed by atoms with E-state index in [-0.39, 0.29) is 22.0 Å². The third-order valence-corrected chi connectivity index (χ3v) is 12.6. The second-order valence-electron chi connectivity index (χ2n) is 20.8. The van der Waals surface area contributed by atoms with E-state index in [0.717, 1.165) is 72.7 Å². The van der Waals surface area contributed by atoms with Crippen LogP contribution in [0.4, 0.5) is 17.1 Å². The maximum Gasteiger partial charge on any atom is 0.149 e. The molecule has 0 aliphatic carbocycles. The summed E-state index contributed by atoms with van der Waals surface area (Å²) in [5.41, 5.74) is 17.4. The molecule has 5 nitrogen and oxygen atoms in total. The van der Waals surface area contributed by atoms with Gasteiger partial charge in [0.05, 0.1) is 22.1 Å². The number of rotatable bonds is 7. The molecule has 0 fully saturated rings. The lowest BCUT2D eigenvalue weighted by Crippen LogP contribution is -2.12. The zero-order valence-electron chi connectivity index (χ0n) is 39.7. The Morgan fingerprint density at radius 3 is 1.65 bits per heavy atom. The second-order valence-corrected chi connectivity index (χ2v) is 20.8. The zero-order chi connectivity index (χ0) is 46.0. The molecule has 0 aliphatic rings. The van der Waals surface area contributed by atoms with E-state index >= 15 is 0 Å². The molecular formula is C60H60N4O. The Hall–Kier alpha value is -6.98. The summed E-state index contributed by atoms with van der Waals surface area (Å²) in [7, 11) is 0. The van der Waals surface area contributed by atoms with E-state index < -0.39 is 0 Å². The lowest BCUT2D eigenvalue weighted by atomic mass is 9.83. The highest BCUT2D eigenvalue weighted by atomic mass is 16.3. The first kappa shape index (κ1) is 43.3. The largest absolute Gasteiger partial charge is 0.507 e. The Morgan fingerprint density at radius 1 is 0.492 bits per heavy atom. The Balaban J connectivity index is 1.40. The molecule has 0 atom stereocenters. The second kappa shape index (κ2) is 16.2. The molecule has 65 heavy (non-hydrogen) atoms. The van der Waals surface area contributed by atoms with Crippen LogP contribution < -0.4 is 4.90 Å². The molecule has 0 saturated carbocycles. The quantitative estimate of drug-likeness (QED) is 0.174. The van der Waals surface area contributed by atoms with E-state index in [1.165, 1.54) is 22.1 Å². The molecule has 2 aromatic heterocycles. The molecule has 1 N–H and O–H groups in total. The van der Waals surface area contributed by atoms with Crippen molar-refractivity contribution >= 4 is 39.0 Å². The summed E-state index contributed by atoms with van der Waals surface area (Å²) >= 11 is 0. The number of para-hydroxylation sites is 2. The molecule has 0 spiro atoms. The number of benzene rings is 7. The van der Waals surface area contributed by atoms with E-state index in [1.54, 1.807) is 0 Å². The fraction of sp³-hybridized carbons (Fsp3) is 0.233. The molecule has 2 heterocycles. The number of imidazole rings is 1. The highest BCUT2D eigenvalue weighted by Crippen LogP contribution is 2.45.